The number of aromatic nitrogens is 5. The van der Waals surface area contributed by atoms with Gasteiger partial charge in [0.25, 0.3) is 0 Å². The van der Waals surface area contributed by atoms with Crippen molar-refractivity contribution in [3.05, 3.63) is 42.3 Å². The summed E-state index contributed by atoms with van der Waals surface area (Å²) in [4.78, 5) is 17.4. The Labute approximate surface area is 144 Å². The molecule has 3 rings (SSSR count). The lowest BCUT2D eigenvalue weighted by Gasteiger charge is -2.07. The van der Waals surface area contributed by atoms with Crippen LogP contribution < -0.4 is 10.6 Å². The fourth-order valence-electron chi connectivity index (χ4n) is 2.10. The van der Waals surface area contributed by atoms with E-state index in [1.165, 1.54) is 11.1 Å². The quantitative estimate of drug-likeness (QED) is 0.593. The lowest BCUT2D eigenvalue weighted by molar-refractivity contribution is -0.122. The molecule has 1 amide bonds. The van der Waals surface area contributed by atoms with Crippen LogP contribution in [0.1, 0.15) is 12.0 Å². The van der Waals surface area contributed by atoms with Crippen LogP contribution in [0.2, 0.25) is 0 Å². The highest BCUT2D eigenvalue weighted by atomic mass is 16.3. The first kappa shape index (κ1) is 16.6. The summed E-state index contributed by atoms with van der Waals surface area (Å²) in [7, 11) is 0. The number of nitrogens with zero attached hydrogens (tertiary/aromatic N) is 5. The fourth-order valence-corrected chi connectivity index (χ4v) is 2.10. The summed E-state index contributed by atoms with van der Waals surface area (Å²) in [5, 5.41) is 17.8. The average molecular weight is 341 g/mol. The summed E-state index contributed by atoms with van der Waals surface area (Å²) in [5.74, 6) is 1.53. The number of carbonyl (C=O) groups excluding carboxylic acids is 1. The minimum absolute atomic E-state index is 0.0145. The maximum absolute atomic E-state index is 11.9. The summed E-state index contributed by atoms with van der Waals surface area (Å²) >= 11 is 0. The van der Waals surface area contributed by atoms with E-state index < -0.39 is 0 Å². The Hall–Kier alpha value is -3.23. The van der Waals surface area contributed by atoms with E-state index in [1.807, 2.05) is 25.3 Å². The van der Waals surface area contributed by atoms with Crippen LogP contribution in [0.4, 0.5) is 5.82 Å². The zero-order valence-electron chi connectivity index (χ0n) is 13.8. The number of rotatable bonds is 8. The molecule has 0 atom stereocenters. The molecule has 0 aliphatic heterocycles. The second-order valence-electron chi connectivity index (χ2n) is 5.47. The molecule has 0 bridgehead atoms. The molecule has 0 unspecified atom stereocenters. The molecule has 0 saturated carbocycles. The van der Waals surface area contributed by atoms with Crippen molar-refractivity contribution in [2.24, 2.45) is 0 Å². The van der Waals surface area contributed by atoms with Crippen molar-refractivity contribution in [1.29, 1.82) is 0 Å². The number of furan rings is 1. The summed E-state index contributed by atoms with van der Waals surface area (Å²) in [6, 6.07) is 7.40. The predicted octanol–water partition coefficient (Wildman–Crippen LogP) is 1.25. The van der Waals surface area contributed by atoms with E-state index in [2.05, 4.69) is 31.0 Å². The lowest BCUT2D eigenvalue weighted by atomic mass is 10.3. The molecule has 3 heterocycles. The molecule has 0 radical (unpaired) electrons. The number of carbonyl (C=O) groups is 1. The van der Waals surface area contributed by atoms with Crippen molar-refractivity contribution in [2.45, 2.75) is 19.9 Å². The molecule has 2 N–H and O–H groups in total. The molecule has 0 spiro atoms. The van der Waals surface area contributed by atoms with Gasteiger partial charge in [0.2, 0.25) is 11.7 Å². The van der Waals surface area contributed by atoms with E-state index in [0.29, 0.717) is 18.1 Å². The van der Waals surface area contributed by atoms with Gasteiger partial charge in [-0.3, -0.25) is 4.79 Å². The highest BCUT2D eigenvalue weighted by Gasteiger charge is 2.10. The molecular weight excluding hydrogens is 322 g/mol. The first-order valence-corrected chi connectivity index (χ1v) is 7.95. The Morgan fingerprint density at radius 1 is 1.28 bits per heavy atom. The van der Waals surface area contributed by atoms with Gasteiger partial charge in [-0.1, -0.05) is 6.07 Å². The molecule has 9 nitrogen and oxygen atoms in total. The maximum atomic E-state index is 11.9. The highest BCUT2D eigenvalue weighted by Crippen LogP contribution is 2.12. The second kappa shape index (κ2) is 8.04. The van der Waals surface area contributed by atoms with Crippen LogP contribution >= 0.6 is 0 Å². The second-order valence-corrected chi connectivity index (χ2v) is 5.47. The summed E-state index contributed by atoms with van der Waals surface area (Å²) < 4.78 is 5.18. The first-order chi connectivity index (χ1) is 12.2. The maximum Gasteiger partial charge on any atom is 0.243 e. The number of anilines is 1. The number of pyridine rings is 1. The van der Waals surface area contributed by atoms with Crippen molar-refractivity contribution >= 4 is 11.7 Å². The molecule has 0 fully saturated rings. The van der Waals surface area contributed by atoms with Crippen LogP contribution in [0.5, 0.6) is 0 Å². The smallest absolute Gasteiger partial charge is 0.243 e. The van der Waals surface area contributed by atoms with Gasteiger partial charge < -0.3 is 15.1 Å². The number of hydrogen-bond acceptors (Lipinski definition) is 7. The van der Waals surface area contributed by atoms with Crippen molar-refractivity contribution in [3.8, 4) is 11.6 Å². The lowest BCUT2D eigenvalue weighted by Crippen LogP contribution is -2.30. The summed E-state index contributed by atoms with van der Waals surface area (Å²) in [6.07, 6.45) is 4.12. The van der Waals surface area contributed by atoms with Gasteiger partial charge in [0.1, 0.15) is 12.4 Å². The highest BCUT2D eigenvalue weighted by molar-refractivity contribution is 5.75. The van der Waals surface area contributed by atoms with E-state index in [1.54, 1.807) is 12.1 Å². The summed E-state index contributed by atoms with van der Waals surface area (Å²) in [5.41, 5.74) is 1.12. The monoisotopic (exact) mass is 341 g/mol. The molecule has 0 aliphatic rings. The number of nitrogens with one attached hydrogen (secondary N) is 2. The third kappa shape index (κ3) is 4.87. The molecule has 0 aliphatic carbocycles. The Morgan fingerprint density at radius 3 is 2.96 bits per heavy atom. The third-order valence-corrected chi connectivity index (χ3v) is 3.37. The van der Waals surface area contributed by atoms with Gasteiger partial charge >= 0.3 is 0 Å². The number of hydrogen-bond donors (Lipinski definition) is 2. The zero-order chi connectivity index (χ0) is 17.5. The van der Waals surface area contributed by atoms with Gasteiger partial charge in [-0.25, -0.2) is 4.98 Å². The van der Waals surface area contributed by atoms with Crippen LogP contribution in [0.25, 0.3) is 11.6 Å². The van der Waals surface area contributed by atoms with Gasteiger partial charge in [0.05, 0.1) is 6.26 Å². The van der Waals surface area contributed by atoms with E-state index in [-0.39, 0.29) is 12.5 Å². The van der Waals surface area contributed by atoms with Crippen LogP contribution in [-0.4, -0.2) is 44.2 Å². The van der Waals surface area contributed by atoms with Crippen molar-refractivity contribution in [2.75, 3.05) is 18.4 Å². The Balaban J connectivity index is 1.35. The topological polar surface area (TPSA) is 111 Å². The van der Waals surface area contributed by atoms with Crippen LogP contribution in [0.15, 0.2) is 41.1 Å². The van der Waals surface area contributed by atoms with Crippen molar-refractivity contribution in [3.63, 3.8) is 0 Å². The van der Waals surface area contributed by atoms with Gasteiger partial charge in [-0.05, 0) is 42.3 Å². The minimum Gasteiger partial charge on any atom is -0.461 e. The predicted molar refractivity (Wildman–Crippen MR) is 90.6 cm³/mol. The molecule has 0 aromatic carbocycles. The van der Waals surface area contributed by atoms with Gasteiger partial charge in [0, 0.05) is 19.3 Å². The molecule has 130 valence electrons. The van der Waals surface area contributed by atoms with E-state index >= 15 is 0 Å². The third-order valence-electron chi connectivity index (χ3n) is 3.37. The SMILES string of the molecule is Cc1ccc(NCCCNC(=O)Cn2nnc(-c3ccco3)n2)nc1. The number of tetrazole rings is 1. The molecular formula is C16H19N7O2. The van der Waals surface area contributed by atoms with Crippen LogP contribution in [-0.2, 0) is 11.3 Å². The molecule has 25 heavy (non-hydrogen) atoms. The van der Waals surface area contributed by atoms with Crippen LogP contribution in [0.3, 0.4) is 0 Å². The molecule has 3 aromatic heterocycles. The number of amides is 1. The minimum atomic E-state index is -0.170. The van der Waals surface area contributed by atoms with Crippen LogP contribution in [0, 0.1) is 6.92 Å². The van der Waals surface area contributed by atoms with Crippen molar-refractivity contribution in [1.82, 2.24) is 30.5 Å². The van der Waals surface area contributed by atoms with Gasteiger partial charge in [-0.2, -0.15) is 4.80 Å². The number of aryl methyl sites for hydroxylation is 1. The van der Waals surface area contributed by atoms with E-state index in [0.717, 1.165) is 24.3 Å². The summed E-state index contributed by atoms with van der Waals surface area (Å²) in [6.45, 7) is 3.28. The van der Waals surface area contributed by atoms with Gasteiger partial charge in [0.15, 0.2) is 5.76 Å². The normalized spacial score (nSPS) is 10.6. The van der Waals surface area contributed by atoms with Gasteiger partial charge in [-0.15, -0.1) is 10.2 Å². The molecule has 0 saturated heterocycles. The average Bonchev–Trinajstić information content (AvgIpc) is 3.27. The largest absolute Gasteiger partial charge is 0.461 e. The van der Waals surface area contributed by atoms with E-state index in [4.69, 9.17) is 4.42 Å². The standard InChI is InChI=1S/C16H19N7O2/c1-12-5-6-14(19-10-12)17-7-3-8-18-15(24)11-23-21-16(20-22-23)13-4-2-9-25-13/h2,4-6,9-10H,3,7-8,11H2,1H3,(H,17,19)(H,18,24). The molecule has 3 aromatic rings. The Bertz CT molecular complexity index is 796. The fraction of sp³-hybridized carbons (Fsp3) is 0.312. The van der Waals surface area contributed by atoms with Crippen molar-refractivity contribution < 1.29 is 9.21 Å². The van der Waals surface area contributed by atoms with E-state index in [9.17, 15) is 4.79 Å². The Kier molecular flexibility index (Phi) is 5.35. The first-order valence-electron chi connectivity index (χ1n) is 7.95. The Morgan fingerprint density at radius 2 is 2.20 bits per heavy atom. The zero-order valence-corrected chi connectivity index (χ0v) is 13.8. The molecule has 9 heteroatoms.